The number of nitrogens with one attached hydrogen (secondary N) is 1. The third-order valence-electron chi connectivity index (χ3n) is 8.14. The van der Waals surface area contributed by atoms with Crippen molar-refractivity contribution >= 4 is 60.9 Å². The summed E-state index contributed by atoms with van der Waals surface area (Å²) in [6.07, 6.45) is 2.22. The molecule has 4 heterocycles. The smallest absolute Gasteiger partial charge is 0.208 e. The first-order chi connectivity index (χ1) is 19.8. The predicted molar refractivity (Wildman–Crippen MR) is 164 cm³/mol. The van der Waals surface area contributed by atoms with Crippen LogP contribution in [0, 0.1) is 0 Å². The first-order valence-electron chi connectivity index (χ1n) is 13.5. The zero-order valence-electron chi connectivity index (χ0n) is 21.5. The summed E-state index contributed by atoms with van der Waals surface area (Å²) in [7, 11) is 0. The largest absolute Gasteiger partial charge is 0.325 e. The standard InChI is InChI=1S/C35H23N5/c1-2-10-22(11-3-1)34-25-14-6-7-15-28(25)37-35(38-34)40-31-19-24-13-5-4-12-23(24)18-26(31)27-20-33-36-29-16-8-9-17-30(29)39(33)21-32(27)40/h1-21,34H,(H,37,38). The van der Waals surface area contributed by atoms with E-state index >= 15 is 0 Å². The van der Waals surface area contributed by atoms with Crippen LogP contribution < -0.4 is 5.32 Å². The van der Waals surface area contributed by atoms with Gasteiger partial charge in [0.25, 0.3) is 0 Å². The van der Waals surface area contributed by atoms with Gasteiger partial charge < -0.3 is 5.32 Å². The Hall–Kier alpha value is -5.42. The lowest BCUT2D eigenvalue weighted by Gasteiger charge is -2.26. The second-order valence-corrected chi connectivity index (χ2v) is 10.4. The Labute approximate surface area is 229 Å². The van der Waals surface area contributed by atoms with Gasteiger partial charge in [0.15, 0.2) is 0 Å². The van der Waals surface area contributed by atoms with E-state index in [1.165, 1.54) is 27.3 Å². The molecule has 5 heteroatoms. The van der Waals surface area contributed by atoms with E-state index < -0.39 is 0 Å². The SMILES string of the molecule is c1ccc(C2N=C(n3c4cc5ccccc5cc4c4cc5nc6ccccc6n5cc43)Nc3ccccc32)cc1. The summed E-state index contributed by atoms with van der Waals surface area (Å²) in [5.41, 5.74) is 8.63. The van der Waals surface area contributed by atoms with Gasteiger partial charge in [-0.3, -0.25) is 8.97 Å². The molecule has 1 aliphatic rings. The van der Waals surface area contributed by atoms with Gasteiger partial charge in [-0.25, -0.2) is 9.98 Å². The summed E-state index contributed by atoms with van der Waals surface area (Å²) in [4.78, 5) is 10.3. The Kier molecular flexibility index (Phi) is 4.32. The number of anilines is 1. The molecular formula is C35H23N5. The molecule has 40 heavy (non-hydrogen) atoms. The van der Waals surface area contributed by atoms with E-state index in [1.54, 1.807) is 0 Å². The number of nitrogens with zero attached hydrogens (tertiary/aromatic N) is 4. The summed E-state index contributed by atoms with van der Waals surface area (Å²) >= 11 is 0. The highest BCUT2D eigenvalue weighted by atomic mass is 15.2. The number of para-hydroxylation sites is 3. The summed E-state index contributed by atoms with van der Waals surface area (Å²) in [5, 5.41) is 8.45. The highest BCUT2D eigenvalue weighted by Gasteiger charge is 2.26. The average molecular weight is 514 g/mol. The molecule has 0 fully saturated rings. The van der Waals surface area contributed by atoms with E-state index in [0.29, 0.717) is 0 Å². The normalized spacial score (nSPS) is 15.1. The van der Waals surface area contributed by atoms with Crippen LogP contribution in [0.3, 0.4) is 0 Å². The van der Waals surface area contributed by atoms with Crippen LogP contribution in [0.25, 0.3) is 49.3 Å². The van der Waals surface area contributed by atoms with Gasteiger partial charge in [-0.1, -0.05) is 84.9 Å². The fraction of sp³-hybridized carbons (Fsp3) is 0.0286. The van der Waals surface area contributed by atoms with Crippen LogP contribution in [0.15, 0.2) is 133 Å². The second-order valence-electron chi connectivity index (χ2n) is 10.4. The topological polar surface area (TPSA) is 46.6 Å². The van der Waals surface area contributed by atoms with Gasteiger partial charge in [0.2, 0.25) is 5.96 Å². The number of hydrogen-bond acceptors (Lipinski definition) is 3. The van der Waals surface area contributed by atoms with Crippen molar-refractivity contribution in [3.63, 3.8) is 0 Å². The van der Waals surface area contributed by atoms with Crippen LogP contribution in [0.2, 0.25) is 0 Å². The van der Waals surface area contributed by atoms with Crippen molar-refractivity contribution in [3.05, 3.63) is 139 Å². The van der Waals surface area contributed by atoms with Gasteiger partial charge in [-0.05, 0) is 52.7 Å². The summed E-state index contributed by atoms with van der Waals surface area (Å²) in [6.45, 7) is 0. The van der Waals surface area contributed by atoms with Gasteiger partial charge in [0.05, 0.1) is 22.1 Å². The Balaban J connectivity index is 1.40. The lowest BCUT2D eigenvalue weighted by molar-refractivity contribution is 0.851. The van der Waals surface area contributed by atoms with E-state index in [9.17, 15) is 0 Å². The van der Waals surface area contributed by atoms with E-state index in [4.69, 9.17) is 9.98 Å². The highest BCUT2D eigenvalue weighted by molar-refractivity contribution is 6.19. The molecule has 1 N–H and O–H groups in total. The van der Waals surface area contributed by atoms with Crippen molar-refractivity contribution in [1.82, 2.24) is 14.0 Å². The molecule has 0 spiro atoms. The number of imidazole rings is 1. The van der Waals surface area contributed by atoms with Crippen molar-refractivity contribution < 1.29 is 0 Å². The molecular weight excluding hydrogens is 490 g/mol. The van der Waals surface area contributed by atoms with Crippen molar-refractivity contribution in [2.45, 2.75) is 6.04 Å². The maximum Gasteiger partial charge on any atom is 0.208 e. The third kappa shape index (κ3) is 3.03. The summed E-state index contributed by atoms with van der Waals surface area (Å²) in [5.74, 6) is 0.812. The first kappa shape index (κ1) is 21.5. The van der Waals surface area contributed by atoms with Crippen molar-refractivity contribution in [2.24, 2.45) is 4.99 Å². The molecule has 5 nitrogen and oxygen atoms in total. The molecule has 1 aliphatic heterocycles. The maximum atomic E-state index is 5.39. The molecule has 188 valence electrons. The molecule has 0 bridgehead atoms. The number of rotatable bonds is 1. The molecule has 9 rings (SSSR count). The highest BCUT2D eigenvalue weighted by Crippen LogP contribution is 2.38. The van der Waals surface area contributed by atoms with Crippen LogP contribution in [0.4, 0.5) is 5.69 Å². The lowest BCUT2D eigenvalue weighted by atomic mass is 9.96. The molecule has 1 unspecified atom stereocenters. The predicted octanol–water partition coefficient (Wildman–Crippen LogP) is 8.17. The van der Waals surface area contributed by atoms with Gasteiger partial charge in [0.1, 0.15) is 11.7 Å². The number of pyridine rings is 1. The lowest BCUT2D eigenvalue weighted by Crippen LogP contribution is -2.27. The van der Waals surface area contributed by atoms with E-state index in [1.807, 2.05) is 6.07 Å². The molecule has 1 atom stereocenters. The molecule has 0 radical (unpaired) electrons. The van der Waals surface area contributed by atoms with Gasteiger partial charge in [-0.15, -0.1) is 0 Å². The minimum atomic E-state index is -0.112. The van der Waals surface area contributed by atoms with Gasteiger partial charge in [-0.2, -0.15) is 0 Å². The molecule has 0 saturated carbocycles. The minimum absolute atomic E-state index is 0.112. The van der Waals surface area contributed by atoms with E-state index in [0.717, 1.165) is 44.7 Å². The number of benzene rings is 5. The maximum absolute atomic E-state index is 5.39. The Morgan fingerprint density at radius 1 is 0.625 bits per heavy atom. The van der Waals surface area contributed by atoms with Crippen LogP contribution >= 0.6 is 0 Å². The zero-order chi connectivity index (χ0) is 26.2. The van der Waals surface area contributed by atoms with Crippen molar-refractivity contribution in [3.8, 4) is 0 Å². The number of fused-ring (bicyclic) bond motifs is 8. The van der Waals surface area contributed by atoms with Crippen molar-refractivity contribution in [2.75, 3.05) is 5.32 Å². The summed E-state index contributed by atoms with van der Waals surface area (Å²) < 4.78 is 4.48. The first-order valence-corrected chi connectivity index (χ1v) is 13.5. The van der Waals surface area contributed by atoms with Crippen LogP contribution in [0.5, 0.6) is 0 Å². The fourth-order valence-electron chi connectivity index (χ4n) is 6.27. The van der Waals surface area contributed by atoms with Crippen LogP contribution in [0.1, 0.15) is 17.2 Å². The zero-order valence-corrected chi connectivity index (χ0v) is 21.5. The average Bonchev–Trinajstić information content (AvgIpc) is 3.53. The molecule has 5 aromatic carbocycles. The Bertz CT molecular complexity index is 2310. The monoisotopic (exact) mass is 513 g/mol. The summed E-state index contributed by atoms with van der Waals surface area (Å²) in [6, 6.07) is 42.6. The quantitative estimate of drug-likeness (QED) is 0.241. The Morgan fingerprint density at radius 3 is 2.25 bits per heavy atom. The van der Waals surface area contributed by atoms with Crippen molar-refractivity contribution in [1.29, 1.82) is 0 Å². The molecule has 0 saturated heterocycles. The second kappa shape index (κ2) is 8.04. The number of aliphatic imine (C=N–C) groups is 1. The Morgan fingerprint density at radius 2 is 1.35 bits per heavy atom. The number of hydrogen-bond donors (Lipinski definition) is 1. The molecule has 8 aromatic rings. The van der Waals surface area contributed by atoms with Gasteiger partial charge >= 0.3 is 0 Å². The van der Waals surface area contributed by atoms with Gasteiger partial charge in [0, 0.05) is 28.2 Å². The molecule has 0 amide bonds. The van der Waals surface area contributed by atoms with Crippen LogP contribution in [-0.2, 0) is 0 Å². The van der Waals surface area contributed by atoms with E-state index in [-0.39, 0.29) is 6.04 Å². The number of aromatic nitrogens is 3. The molecule has 0 aliphatic carbocycles. The third-order valence-corrected chi connectivity index (χ3v) is 8.14. The molecule has 3 aromatic heterocycles. The minimum Gasteiger partial charge on any atom is -0.325 e. The van der Waals surface area contributed by atoms with Crippen LogP contribution in [-0.4, -0.2) is 19.9 Å². The fourth-order valence-corrected chi connectivity index (χ4v) is 6.27. The van der Waals surface area contributed by atoms with E-state index in [2.05, 4.69) is 136 Å².